The molecule has 0 unspecified atom stereocenters. The summed E-state index contributed by atoms with van der Waals surface area (Å²) in [5, 5.41) is 2.65. The van der Waals surface area contributed by atoms with Crippen molar-refractivity contribution >= 4 is 21.8 Å². The lowest BCUT2D eigenvalue weighted by Gasteiger charge is -2.07. The molecule has 0 aliphatic heterocycles. The van der Waals surface area contributed by atoms with Crippen molar-refractivity contribution < 1.29 is 4.79 Å². The van der Waals surface area contributed by atoms with Gasteiger partial charge in [0.1, 0.15) is 6.54 Å². The summed E-state index contributed by atoms with van der Waals surface area (Å²) in [6, 6.07) is 1.73. The van der Waals surface area contributed by atoms with Crippen LogP contribution in [-0.4, -0.2) is 17.0 Å². The van der Waals surface area contributed by atoms with Gasteiger partial charge in [0.25, 0.3) is 5.56 Å². The number of amides is 1. The molecule has 0 atom stereocenters. The number of halogens is 1. The molecule has 0 aliphatic rings. The van der Waals surface area contributed by atoms with Crippen molar-refractivity contribution in [3.8, 4) is 0 Å². The Morgan fingerprint density at radius 2 is 2.27 bits per heavy atom. The Hall–Kier alpha value is -1.10. The van der Waals surface area contributed by atoms with Crippen LogP contribution in [0.3, 0.4) is 0 Å². The minimum Gasteiger partial charge on any atom is -0.355 e. The predicted molar refractivity (Wildman–Crippen MR) is 61.8 cm³/mol. The van der Waals surface area contributed by atoms with Gasteiger partial charge in [-0.25, -0.2) is 0 Å². The first-order chi connectivity index (χ1) is 7.04. The number of hydrogen-bond acceptors (Lipinski definition) is 2. The molecule has 0 aliphatic carbocycles. The standard InChI is InChI=1S/C10H13BrN2O2/c1-3-12-9(14)6-13-5-8(11)4-7(2)10(13)15/h4-5H,3,6H2,1-2H3,(H,12,14). The monoisotopic (exact) mass is 272 g/mol. The van der Waals surface area contributed by atoms with Gasteiger partial charge in [0.15, 0.2) is 0 Å². The Kier molecular flexibility index (Phi) is 4.08. The molecule has 0 saturated heterocycles. The molecule has 82 valence electrons. The topological polar surface area (TPSA) is 51.1 Å². The van der Waals surface area contributed by atoms with Gasteiger partial charge in [-0.2, -0.15) is 0 Å². The summed E-state index contributed by atoms with van der Waals surface area (Å²) in [6.07, 6.45) is 1.62. The summed E-state index contributed by atoms with van der Waals surface area (Å²) < 4.78 is 2.19. The number of carbonyl (C=O) groups excluding carboxylic acids is 1. The number of pyridine rings is 1. The van der Waals surface area contributed by atoms with Crippen LogP contribution >= 0.6 is 15.9 Å². The molecule has 5 heteroatoms. The van der Waals surface area contributed by atoms with Crippen LogP contribution in [0.1, 0.15) is 12.5 Å². The first-order valence-corrected chi connectivity index (χ1v) is 5.47. The van der Waals surface area contributed by atoms with Gasteiger partial charge in [-0.1, -0.05) is 0 Å². The van der Waals surface area contributed by atoms with Gasteiger partial charge >= 0.3 is 0 Å². The van der Waals surface area contributed by atoms with Crippen molar-refractivity contribution in [1.29, 1.82) is 0 Å². The van der Waals surface area contributed by atoms with Gasteiger partial charge in [-0.3, -0.25) is 9.59 Å². The highest BCUT2D eigenvalue weighted by atomic mass is 79.9. The summed E-state index contributed by atoms with van der Waals surface area (Å²) in [4.78, 5) is 22.9. The third kappa shape index (κ3) is 3.20. The van der Waals surface area contributed by atoms with Crippen LogP contribution in [0.5, 0.6) is 0 Å². The SMILES string of the molecule is CCNC(=O)Cn1cc(Br)cc(C)c1=O. The van der Waals surface area contributed by atoms with Crippen LogP contribution < -0.4 is 10.9 Å². The first kappa shape index (κ1) is 12.0. The number of rotatable bonds is 3. The molecule has 0 aromatic carbocycles. The van der Waals surface area contributed by atoms with E-state index in [2.05, 4.69) is 21.2 Å². The molecule has 0 bridgehead atoms. The van der Waals surface area contributed by atoms with Crippen LogP contribution in [0.2, 0.25) is 0 Å². The Balaban J connectivity index is 2.95. The zero-order valence-electron chi connectivity index (χ0n) is 8.71. The van der Waals surface area contributed by atoms with Gasteiger partial charge < -0.3 is 9.88 Å². The van der Waals surface area contributed by atoms with Crippen molar-refractivity contribution in [2.75, 3.05) is 6.54 Å². The second-order valence-electron chi connectivity index (χ2n) is 3.23. The van der Waals surface area contributed by atoms with E-state index in [1.54, 1.807) is 19.2 Å². The Morgan fingerprint density at radius 3 is 2.87 bits per heavy atom. The molecule has 1 amide bonds. The van der Waals surface area contributed by atoms with Crippen LogP contribution in [0.25, 0.3) is 0 Å². The van der Waals surface area contributed by atoms with E-state index >= 15 is 0 Å². The molecular formula is C10H13BrN2O2. The molecule has 0 spiro atoms. The van der Waals surface area contributed by atoms with Crippen LogP contribution in [0.15, 0.2) is 21.5 Å². The zero-order chi connectivity index (χ0) is 11.4. The largest absolute Gasteiger partial charge is 0.355 e. The molecule has 1 rings (SSSR count). The highest BCUT2D eigenvalue weighted by Crippen LogP contribution is 2.07. The molecular weight excluding hydrogens is 260 g/mol. The third-order valence-corrected chi connectivity index (χ3v) is 2.35. The van der Waals surface area contributed by atoms with E-state index in [1.807, 2.05) is 6.92 Å². The lowest BCUT2D eigenvalue weighted by atomic mass is 10.3. The van der Waals surface area contributed by atoms with Gasteiger partial charge in [0.2, 0.25) is 5.91 Å². The summed E-state index contributed by atoms with van der Waals surface area (Å²) in [5.41, 5.74) is 0.484. The normalized spacial score (nSPS) is 10.1. The molecule has 0 fully saturated rings. The van der Waals surface area contributed by atoms with Crippen molar-refractivity contribution in [3.63, 3.8) is 0 Å². The number of aryl methyl sites for hydroxylation is 1. The smallest absolute Gasteiger partial charge is 0.253 e. The molecule has 1 heterocycles. The number of hydrogen-bond donors (Lipinski definition) is 1. The maximum absolute atomic E-state index is 11.6. The number of carbonyl (C=O) groups is 1. The first-order valence-electron chi connectivity index (χ1n) is 4.68. The number of aromatic nitrogens is 1. The number of nitrogens with one attached hydrogen (secondary N) is 1. The summed E-state index contributed by atoms with van der Waals surface area (Å²) >= 11 is 3.28. The maximum Gasteiger partial charge on any atom is 0.253 e. The van der Waals surface area contributed by atoms with Crippen LogP contribution in [-0.2, 0) is 11.3 Å². The van der Waals surface area contributed by atoms with E-state index in [-0.39, 0.29) is 18.0 Å². The average Bonchev–Trinajstić information content (AvgIpc) is 2.13. The van der Waals surface area contributed by atoms with Crippen LogP contribution in [0, 0.1) is 6.92 Å². The van der Waals surface area contributed by atoms with E-state index in [4.69, 9.17) is 0 Å². The van der Waals surface area contributed by atoms with Crippen molar-refractivity contribution in [2.45, 2.75) is 20.4 Å². The Morgan fingerprint density at radius 1 is 1.60 bits per heavy atom. The lowest BCUT2D eigenvalue weighted by molar-refractivity contribution is -0.121. The Bertz CT molecular complexity index is 426. The van der Waals surface area contributed by atoms with E-state index in [0.717, 1.165) is 4.47 Å². The Labute approximate surface area is 96.4 Å². The van der Waals surface area contributed by atoms with Crippen molar-refractivity contribution in [2.24, 2.45) is 0 Å². The highest BCUT2D eigenvalue weighted by Gasteiger charge is 2.05. The fourth-order valence-corrected chi connectivity index (χ4v) is 1.86. The fourth-order valence-electron chi connectivity index (χ4n) is 1.27. The molecule has 1 N–H and O–H groups in total. The van der Waals surface area contributed by atoms with Crippen molar-refractivity contribution in [3.05, 3.63) is 32.7 Å². The van der Waals surface area contributed by atoms with E-state index in [0.29, 0.717) is 12.1 Å². The second kappa shape index (κ2) is 5.11. The molecule has 15 heavy (non-hydrogen) atoms. The fraction of sp³-hybridized carbons (Fsp3) is 0.400. The second-order valence-corrected chi connectivity index (χ2v) is 4.14. The molecule has 0 saturated carbocycles. The lowest BCUT2D eigenvalue weighted by Crippen LogP contribution is -2.32. The summed E-state index contributed by atoms with van der Waals surface area (Å²) in [5.74, 6) is -0.155. The van der Waals surface area contributed by atoms with E-state index < -0.39 is 0 Å². The minimum absolute atomic E-state index is 0.0625. The minimum atomic E-state index is -0.155. The van der Waals surface area contributed by atoms with E-state index in [1.165, 1.54) is 4.57 Å². The van der Waals surface area contributed by atoms with Crippen molar-refractivity contribution in [1.82, 2.24) is 9.88 Å². The molecule has 1 aromatic heterocycles. The zero-order valence-corrected chi connectivity index (χ0v) is 10.3. The number of likely N-dealkylation sites (N-methyl/N-ethyl adjacent to an activating group) is 1. The predicted octanol–water partition coefficient (Wildman–Crippen LogP) is 1.06. The average molecular weight is 273 g/mol. The quantitative estimate of drug-likeness (QED) is 0.895. The third-order valence-electron chi connectivity index (χ3n) is 1.92. The van der Waals surface area contributed by atoms with Crippen LogP contribution in [0.4, 0.5) is 0 Å². The maximum atomic E-state index is 11.6. The number of nitrogens with zero attached hydrogens (tertiary/aromatic N) is 1. The molecule has 4 nitrogen and oxygen atoms in total. The van der Waals surface area contributed by atoms with Gasteiger partial charge in [-0.15, -0.1) is 0 Å². The van der Waals surface area contributed by atoms with Gasteiger partial charge in [-0.05, 0) is 35.8 Å². The molecule has 1 aromatic rings. The highest BCUT2D eigenvalue weighted by molar-refractivity contribution is 9.10. The molecule has 0 radical (unpaired) electrons. The van der Waals surface area contributed by atoms with Gasteiger partial charge in [0.05, 0.1) is 0 Å². The summed E-state index contributed by atoms with van der Waals surface area (Å²) in [7, 11) is 0. The summed E-state index contributed by atoms with van der Waals surface area (Å²) in [6.45, 7) is 4.20. The van der Waals surface area contributed by atoms with Gasteiger partial charge in [0, 0.05) is 22.8 Å². The van der Waals surface area contributed by atoms with E-state index in [9.17, 15) is 9.59 Å².